The van der Waals surface area contributed by atoms with E-state index in [-0.39, 0.29) is 29.8 Å². The van der Waals surface area contributed by atoms with Gasteiger partial charge in [0.1, 0.15) is 0 Å². The summed E-state index contributed by atoms with van der Waals surface area (Å²) in [6, 6.07) is 0. The highest BCUT2D eigenvalue weighted by molar-refractivity contribution is 5.80. The highest BCUT2D eigenvalue weighted by atomic mass is 16.5. The number of nitrogens with zero attached hydrogens (tertiary/aromatic N) is 1. The van der Waals surface area contributed by atoms with E-state index in [1.807, 2.05) is 6.92 Å². The van der Waals surface area contributed by atoms with Gasteiger partial charge in [-0.05, 0) is 13.3 Å². The molecule has 0 aliphatic carbocycles. The predicted molar refractivity (Wildman–Crippen MR) is 60.4 cm³/mol. The number of carbonyl (C=O) groups is 2. The lowest BCUT2D eigenvalue weighted by Crippen LogP contribution is -2.55. The Hall–Kier alpha value is -1.10. The molecule has 2 rings (SSSR count). The molecule has 3 atom stereocenters. The Morgan fingerprint density at radius 3 is 2.53 bits per heavy atom. The molecule has 0 aromatic carbocycles. The molecule has 2 fully saturated rings. The topological polar surface area (TPSA) is 66.8 Å². The molecule has 5 nitrogen and oxygen atoms in total. The van der Waals surface area contributed by atoms with Crippen molar-refractivity contribution >= 4 is 11.9 Å². The van der Waals surface area contributed by atoms with Crippen LogP contribution in [0.2, 0.25) is 0 Å². The summed E-state index contributed by atoms with van der Waals surface area (Å²) in [5, 5.41) is 8.87. The van der Waals surface area contributed by atoms with E-state index in [1.165, 1.54) is 0 Å². The van der Waals surface area contributed by atoms with Crippen LogP contribution in [0.15, 0.2) is 0 Å². The van der Waals surface area contributed by atoms with Crippen LogP contribution in [0.4, 0.5) is 0 Å². The van der Waals surface area contributed by atoms with Gasteiger partial charge in [-0.1, -0.05) is 6.92 Å². The maximum absolute atomic E-state index is 12.0. The second-order valence-corrected chi connectivity index (χ2v) is 5.21. The average Bonchev–Trinajstić information content (AvgIpc) is 2.62. The molecule has 17 heavy (non-hydrogen) atoms. The van der Waals surface area contributed by atoms with Crippen molar-refractivity contribution in [1.29, 1.82) is 0 Å². The molecule has 2 aliphatic heterocycles. The summed E-state index contributed by atoms with van der Waals surface area (Å²) in [6.07, 6.45) is 0.952. The van der Waals surface area contributed by atoms with Crippen molar-refractivity contribution in [2.75, 3.05) is 19.7 Å². The monoisotopic (exact) mass is 241 g/mol. The van der Waals surface area contributed by atoms with Gasteiger partial charge in [-0.15, -0.1) is 0 Å². The lowest BCUT2D eigenvalue weighted by molar-refractivity contribution is -0.152. The minimum atomic E-state index is -0.778. The fraction of sp³-hybridized carbons (Fsp3) is 0.833. The summed E-state index contributed by atoms with van der Waals surface area (Å²) in [5.41, 5.74) is 0. The van der Waals surface area contributed by atoms with Crippen LogP contribution in [-0.2, 0) is 14.3 Å². The minimum Gasteiger partial charge on any atom is -0.481 e. The molecule has 0 radical (unpaired) electrons. The summed E-state index contributed by atoms with van der Waals surface area (Å²) < 4.78 is 5.38. The zero-order valence-electron chi connectivity index (χ0n) is 10.3. The van der Waals surface area contributed by atoms with Crippen molar-refractivity contribution in [3.05, 3.63) is 0 Å². The predicted octanol–water partition coefficient (Wildman–Crippen LogP) is 0.591. The molecule has 0 aromatic heterocycles. The summed E-state index contributed by atoms with van der Waals surface area (Å²) in [6.45, 7) is 5.35. The molecule has 96 valence electrons. The number of likely N-dealkylation sites (tertiary alicyclic amines) is 1. The van der Waals surface area contributed by atoms with Crippen LogP contribution in [0, 0.1) is 17.8 Å². The van der Waals surface area contributed by atoms with Crippen molar-refractivity contribution in [3.8, 4) is 0 Å². The van der Waals surface area contributed by atoms with Gasteiger partial charge >= 0.3 is 5.97 Å². The molecule has 3 unspecified atom stereocenters. The van der Waals surface area contributed by atoms with Crippen LogP contribution < -0.4 is 0 Å². The lowest BCUT2D eigenvalue weighted by atomic mass is 9.86. The van der Waals surface area contributed by atoms with E-state index in [4.69, 9.17) is 9.84 Å². The van der Waals surface area contributed by atoms with E-state index in [1.54, 1.807) is 11.8 Å². The van der Waals surface area contributed by atoms with Crippen molar-refractivity contribution in [3.63, 3.8) is 0 Å². The fourth-order valence-corrected chi connectivity index (χ4v) is 2.46. The highest BCUT2D eigenvalue weighted by Gasteiger charge is 2.40. The first-order chi connectivity index (χ1) is 7.99. The van der Waals surface area contributed by atoms with Crippen molar-refractivity contribution < 1.29 is 19.4 Å². The zero-order valence-corrected chi connectivity index (χ0v) is 10.3. The number of hydrogen-bond donors (Lipinski definition) is 1. The normalized spacial score (nSPS) is 31.1. The first-order valence-electron chi connectivity index (χ1n) is 6.12. The number of rotatable bonds is 3. The molecule has 0 saturated carbocycles. The average molecular weight is 241 g/mol. The summed E-state index contributed by atoms with van der Waals surface area (Å²) in [5.74, 6) is -0.928. The van der Waals surface area contributed by atoms with Gasteiger partial charge in [0.2, 0.25) is 5.91 Å². The van der Waals surface area contributed by atoms with E-state index < -0.39 is 5.97 Å². The molecule has 5 heteroatoms. The summed E-state index contributed by atoms with van der Waals surface area (Å²) >= 11 is 0. The van der Waals surface area contributed by atoms with Gasteiger partial charge in [-0.25, -0.2) is 0 Å². The third-order valence-corrected chi connectivity index (χ3v) is 3.87. The van der Waals surface area contributed by atoms with Crippen molar-refractivity contribution in [2.24, 2.45) is 17.8 Å². The quantitative estimate of drug-likeness (QED) is 0.785. The van der Waals surface area contributed by atoms with Crippen LogP contribution in [0.1, 0.15) is 20.3 Å². The van der Waals surface area contributed by atoms with Crippen LogP contribution >= 0.6 is 0 Å². The number of carboxylic acids is 1. The number of hydrogen-bond acceptors (Lipinski definition) is 3. The number of aliphatic carboxylic acids is 1. The zero-order chi connectivity index (χ0) is 12.6. The Bertz CT molecular complexity index is 324. The molecule has 2 saturated heterocycles. The fourth-order valence-electron chi connectivity index (χ4n) is 2.46. The first kappa shape index (κ1) is 12.4. The Labute approximate surface area is 101 Å². The van der Waals surface area contributed by atoms with Gasteiger partial charge in [0.15, 0.2) is 0 Å². The standard InChI is InChI=1S/C12H19NO4/c1-7-3-9(6-17-7)11(14)13-4-10(5-13)8(2)12(15)16/h7-10H,3-6H2,1-2H3,(H,15,16). The van der Waals surface area contributed by atoms with Gasteiger partial charge in [0.25, 0.3) is 0 Å². The van der Waals surface area contributed by atoms with E-state index >= 15 is 0 Å². The largest absolute Gasteiger partial charge is 0.481 e. The minimum absolute atomic E-state index is 0.0221. The SMILES string of the molecule is CC1CC(C(=O)N2CC(C(C)C(=O)O)C2)CO1. The summed E-state index contributed by atoms with van der Waals surface area (Å²) in [7, 11) is 0. The third-order valence-electron chi connectivity index (χ3n) is 3.87. The Balaban J connectivity index is 1.79. The second kappa shape index (κ2) is 4.64. The second-order valence-electron chi connectivity index (χ2n) is 5.21. The van der Waals surface area contributed by atoms with Crippen molar-refractivity contribution in [1.82, 2.24) is 4.90 Å². The van der Waals surface area contributed by atoms with Crippen LogP contribution in [0.3, 0.4) is 0 Å². The Kier molecular flexibility index (Phi) is 3.38. The highest BCUT2D eigenvalue weighted by Crippen LogP contribution is 2.28. The molecule has 1 N–H and O–H groups in total. The van der Waals surface area contributed by atoms with Gasteiger partial charge < -0.3 is 14.7 Å². The van der Waals surface area contributed by atoms with E-state index in [2.05, 4.69) is 0 Å². The van der Waals surface area contributed by atoms with Crippen molar-refractivity contribution in [2.45, 2.75) is 26.4 Å². The summed E-state index contributed by atoms with van der Waals surface area (Å²) in [4.78, 5) is 24.6. The molecular formula is C12H19NO4. The number of ether oxygens (including phenoxy) is 1. The van der Waals surface area contributed by atoms with Crippen LogP contribution in [-0.4, -0.2) is 47.7 Å². The molecule has 2 aliphatic rings. The van der Waals surface area contributed by atoms with Gasteiger partial charge in [0, 0.05) is 19.0 Å². The van der Waals surface area contributed by atoms with E-state index in [0.29, 0.717) is 19.7 Å². The van der Waals surface area contributed by atoms with Crippen LogP contribution in [0.5, 0.6) is 0 Å². The molecule has 0 aromatic rings. The number of carbonyl (C=O) groups excluding carboxylic acids is 1. The van der Waals surface area contributed by atoms with Crippen LogP contribution in [0.25, 0.3) is 0 Å². The van der Waals surface area contributed by atoms with Gasteiger partial charge in [-0.2, -0.15) is 0 Å². The van der Waals surface area contributed by atoms with E-state index in [9.17, 15) is 9.59 Å². The van der Waals surface area contributed by atoms with E-state index in [0.717, 1.165) is 6.42 Å². The maximum Gasteiger partial charge on any atom is 0.306 e. The molecule has 2 heterocycles. The third kappa shape index (κ3) is 2.44. The smallest absolute Gasteiger partial charge is 0.306 e. The van der Waals surface area contributed by atoms with Gasteiger partial charge in [-0.3, -0.25) is 9.59 Å². The Morgan fingerprint density at radius 1 is 1.41 bits per heavy atom. The van der Waals surface area contributed by atoms with Gasteiger partial charge in [0.05, 0.1) is 24.5 Å². The molecule has 0 spiro atoms. The molecule has 0 bridgehead atoms. The first-order valence-corrected chi connectivity index (χ1v) is 6.12. The number of amides is 1. The Morgan fingerprint density at radius 2 is 2.06 bits per heavy atom. The molecule has 1 amide bonds. The maximum atomic E-state index is 12.0. The number of carboxylic acid groups (broad SMARTS) is 1. The lowest BCUT2D eigenvalue weighted by Gasteiger charge is -2.42. The molecular weight excluding hydrogens is 222 g/mol.